The van der Waals surface area contributed by atoms with Crippen LogP contribution in [-0.4, -0.2) is 17.2 Å². The molecule has 4 aromatic carbocycles. The van der Waals surface area contributed by atoms with Crippen molar-refractivity contribution >= 4 is 45.3 Å². The highest BCUT2D eigenvalue weighted by Gasteiger charge is 2.17. The molecule has 0 atom stereocenters. The van der Waals surface area contributed by atoms with Crippen LogP contribution < -0.4 is 5.46 Å². The smallest absolute Gasteiger partial charge is 0.455 e. The van der Waals surface area contributed by atoms with E-state index in [4.69, 9.17) is 4.42 Å². The van der Waals surface area contributed by atoms with Crippen LogP contribution in [0.2, 0.25) is 0 Å². The molecular weight excluding hydrogens is 323 g/mol. The highest BCUT2D eigenvalue weighted by Crippen LogP contribution is 2.37. The molecule has 5 rings (SSSR count). The van der Waals surface area contributed by atoms with Crippen molar-refractivity contribution in [3.8, 4) is 11.1 Å². The Bertz CT molecular complexity index is 1270. The van der Waals surface area contributed by atoms with Crippen molar-refractivity contribution in [3.63, 3.8) is 0 Å². The Morgan fingerprint density at radius 2 is 1.38 bits per heavy atom. The van der Waals surface area contributed by atoms with Gasteiger partial charge in [0.25, 0.3) is 0 Å². The summed E-state index contributed by atoms with van der Waals surface area (Å²) in [5.74, 6) is 0. The molecule has 0 unspecified atom stereocenters. The minimum atomic E-state index is -1.49. The molecule has 2 N–H and O–H groups in total. The fraction of sp³-hybridized carbons (Fsp3) is 0. The molecule has 26 heavy (non-hydrogen) atoms. The maximum atomic E-state index is 9.47. The first kappa shape index (κ1) is 15.2. The van der Waals surface area contributed by atoms with Gasteiger partial charge in [-0.2, -0.15) is 0 Å². The topological polar surface area (TPSA) is 53.6 Å². The van der Waals surface area contributed by atoms with Crippen molar-refractivity contribution in [1.82, 2.24) is 0 Å². The molecule has 0 spiro atoms. The van der Waals surface area contributed by atoms with Crippen molar-refractivity contribution in [3.05, 3.63) is 78.9 Å². The van der Waals surface area contributed by atoms with Gasteiger partial charge < -0.3 is 14.5 Å². The van der Waals surface area contributed by atoms with Crippen LogP contribution in [0.25, 0.3) is 43.8 Å². The van der Waals surface area contributed by atoms with Crippen molar-refractivity contribution in [2.45, 2.75) is 0 Å². The average molecular weight is 338 g/mol. The molecule has 3 nitrogen and oxygen atoms in total. The zero-order valence-electron chi connectivity index (χ0n) is 13.9. The number of fused-ring (bicyclic) bond motifs is 4. The Morgan fingerprint density at radius 1 is 0.654 bits per heavy atom. The summed E-state index contributed by atoms with van der Waals surface area (Å²) in [6.07, 6.45) is 0. The summed E-state index contributed by atoms with van der Waals surface area (Å²) in [5.41, 5.74) is 4.15. The van der Waals surface area contributed by atoms with E-state index in [2.05, 4.69) is 36.4 Å². The lowest BCUT2D eigenvalue weighted by atomic mass is 9.80. The summed E-state index contributed by atoms with van der Waals surface area (Å²) < 4.78 is 6.16. The minimum Gasteiger partial charge on any atom is -0.455 e. The van der Waals surface area contributed by atoms with E-state index >= 15 is 0 Å². The van der Waals surface area contributed by atoms with E-state index in [1.165, 1.54) is 10.8 Å². The second-order valence-corrected chi connectivity index (χ2v) is 6.44. The molecule has 0 aliphatic rings. The predicted molar refractivity (Wildman–Crippen MR) is 106 cm³/mol. The van der Waals surface area contributed by atoms with E-state index in [9.17, 15) is 10.0 Å². The molecular formula is C22H15BO3. The van der Waals surface area contributed by atoms with Crippen LogP contribution in [0.4, 0.5) is 0 Å². The molecule has 4 heteroatoms. The van der Waals surface area contributed by atoms with Crippen LogP contribution in [0.5, 0.6) is 0 Å². The van der Waals surface area contributed by atoms with Gasteiger partial charge in [0.15, 0.2) is 0 Å². The Labute approximate surface area is 150 Å². The van der Waals surface area contributed by atoms with E-state index < -0.39 is 7.12 Å². The molecule has 0 saturated carbocycles. The first-order valence-electron chi connectivity index (χ1n) is 8.52. The maximum Gasteiger partial charge on any atom is 0.488 e. The monoisotopic (exact) mass is 338 g/mol. The lowest BCUT2D eigenvalue weighted by Gasteiger charge is -2.07. The van der Waals surface area contributed by atoms with Crippen molar-refractivity contribution in [1.29, 1.82) is 0 Å². The Balaban J connectivity index is 1.85. The zero-order chi connectivity index (χ0) is 17.7. The molecule has 0 fully saturated rings. The van der Waals surface area contributed by atoms with Gasteiger partial charge in [0, 0.05) is 16.3 Å². The first-order chi connectivity index (χ1) is 12.7. The second-order valence-electron chi connectivity index (χ2n) is 6.44. The van der Waals surface area contributed by atoms with E-state index in [1.807, 2.05) is 24.3 Å². The van der Waals surface area contributed by atoms with Crippen LogP contribution >= 0.6 is 0 Å². The van der Waals surface area contributed by atoms with Gasteiger partial charge in [0.2, 0.25) is 0 Å². The van der Waals surface area contributed by atoms with Gasteiger partial charge in [0.05, 0.1) is 0 Å². The van der Waals surface area contributed by atoms with Crippen molar-refractivity contribution in [2.24, 2.45) is 0 Å². The highest BCUT2D eigenvalue weighted by atomic mass is 16.4. The van der Waals surface area contributed by atoms with Crippen LogP contribution in [0.3, 0.4) is 0 Å². The minimum absolute atomic E-state index is 0.454. The van der Waals surface area contributed by atoms with E-state index in [1.54, 1.807) is 18.2 Å². The van der Waals surface area contributed by atoms with E-state index in [0.29, 0.717) is 5.46 Å². The van der Waals surface area contributed by atoms with Gasteiger partial charge in [-0.1, -0.05) is 72.8 Å². The summed E-state index contributed by atoms with van der Waals surface area (Å²) in [6, 6.07) is 25.9. The van der Waals surface area contributed by atoms with Crippen molar-refractivity contribution < 1.29 is 14.5 Å². The average Bonchev–Trinajstić information content (AvgIpc) is 3.05. The van der Waals surface area contributed by atoms with Crippen LogP contribution in [0, 0.1) is 0 Å². The fourth-order valence-electron chi connectivity index (χ4n) is 3.65. The lowest BCUT2D eigenvalue weighted by Crippen LogP contribution is -2.29. The number of para-hydroxylation sites is 1. The Morgan fingerprint density at radius 3 is 2.27 bits per heavy atom. The molecule has 0 saturated heterocycles. The quantitative estimate of drug-likeness (QED) is 0.477. The first-order valence-corrected chi connectivity index (χ1v) is 8.52. The normalized spacial score (nSPS) is 11.5. The number of furan rings is 1. The van der Waals surface area contributed by atoms with E-state index in [-0.39, 0.29) is 0 Å². The lowest BCUT2D eigenvalue weighted by molar-refractivity contribution is 0.426. The third-order valence-corrected chi connectivity index (χ3v) is 4.90. The van der Waals surface area contributed by atoms with Gasteiger partial charge in [-0.05, 0) is 27.9 Å². The molecule has 124 valence electrons. The zero-order valence-corrected chi connectivity index (χ0v) is 13.9. The van der Waals surface area contributed by atoms with Gasteiger partial charge in [-0.3, -0.25) is 0 Å². The third-order valence-electron chi connectivity index (χ3n) is 4.90. The summed E-state index contributed by atoms with van der Waals surface area (Å²) in [4.78, 5) is 0. The van der Waals surface area contributed by atoms with Gasteiger partial charge >= 0.3 is 7.12 Å². The SMILES string of the molecule is OB(O)c1ccc2oc3c(-c4cccc5ccccc45)cccc3c2c1. The fourth-order valence-corrected chi connectivity index (χ4v) is 3.65. The summed E-state index contributed by atoms with van der Waals surface area (Å²) in [5, 5.41) is 23.1. The summed E-state index contributed by atoms with van der Waals surface area (Å²) in [7, 11) is -1.49. The Kier molecular flexibility index (Phi) is 3.35. The molecule has 1 aromatic heterocycles. The van der Waals surface area contributed by atoms with Crippen LogP contribution in [0.15, 0.2) is 83.3 Å². The number of benzene rings is 4. The molecule has 0 aliphatic carbocycles. The van der Waals surface area contributed by atoms with Gasteiger partial charge in [-0.25, -0.2) is 0 Å². The number of rotatable bonds is 2. The third kappa shape index (κ3) is 2.24. The van der Waals surface area contributed by atoms with E-state index in [0.717, 1.165) is 33.1 Å². The standard InChI is InChI=1S/C22H15BO3/c24-23(25)15-11-12-21-20(13-15)19-10-4-9-18(22(19)26-21)17-8-3-6-14-5-1-2-7-16(14)17/h1-13,24-25H. The largest absolute Gasteiger partial charge is 0.488 e. The molecule has 0 bridgehead atoms. The summed E-state index contributed by atoms with van der Waals surface area (Å²) >= 11 is 0. The summed E-state index contributed by atoms with van der Waals surface area (Å²) in [6.45, 7) is 0. The Hall–Kier alpha value is -3.08. The molecule has 0 amide bonds. The molecule has 1 heterocycles. The molecule has 0 aliphatic heterocycles. The second kappa shape index (κ2) is 5.73. The number of hydrogen-bond donors (Lipinski definition) is 2. The molecule has 5 aromatic rings. The molecule has 0 radical (unpaired) electrons. The number of hydrogen-bond acceptors (Lipinski definition) is 3. The van der Waals surface area contributed by atoms with Crippen molar-refractivity contribution in [2.75, 3.05) is 0 Å². The van der Waals surface area contributed by atoms with Gasteiger partial charge in [-0.15, -0.1) is 0 Å². The predicted octanol–water partition coefficient (Wildman–Crippen LogP) is 4.09. The van der Waals surface area contributed by atoms with Crippen LogP contribution in [0.1, 0.15) is 0 Å². The highest BCUT2D eigenvalue weighted by molar-refractivity contribution is 6.59. The maximum absolute atomic E-state index is 9.47. The van der Waals surface area contributed by atoms with Gasteiger partial charge in [0.1, 0.15) is 11.2 Å². The van der Waals surface area contributed by atoms with Crippen LogP contribution in [-0.2, 0) is 0 Å².